The predicted octanol–water partition coefficient (Wildman–Crippen LogP) is 3.96. The number of carbonyl (C=O) groups excluding carboxylic acids is 1. The number of thioether (sulfide) groups is 1. The van der Waals surface area contributed by atoms with E-state index in [1.54, 1.807) is 54.6 Å². The van der Waals surface area contributed by atoms with Crippen molar-refractivity contribution in [1.82, 2.24) is 5.32 Å². The van der Waals surface area contributed by atoms with Crippen LogP contribution in [0, 0.1) is 0 Å². The van der Waals surface area contributed by atoms with Crippen LogP contribution in [0.15, 0.2) is 82.6 Å². The van der Waals surface area contributed by atoms with Crippen LogP contribution in [0.25, 0.3) is 0 Å². The first-order chi connectivity index (χ1) is 17.4. The number of para-hydroxylation sites is 4. The van der Waals surface area contributed by atoms with Crippen LogP contribution in [0.4, 0.5) is 5.69 Å². The van der Waals surface area contributed by atoms with Gasteiger partial charge >= 0.3 is 0 Å². The summed E-state index contributed by atoms with van der Waals surface area (Å²) in [7, 11) is -4.07. The summed E-state index contributed by atoms with van der Waals surface area (Å²) in [5, 5.41) is 2.78. The van der Waals surface area contributed by atoms with E-state index in [0.717, 1.165) is 9.20 Å². The SMILES string of the molecule is CCOc1ccccc1N(CC(=O)NCC1COc2ccccc2O1)S(=O)(=O)c1ccc(SC)cc1. The van der Waals surface area contributed by atoms with Crippen molar-refractivity contribution in [3.8, 4) is 17.2 Å². The smallest absolute Gasteiger partial charge is 0.264 e. The molecule has 1 amide bonds. The fraction of sp³-hybridized carbons (Fsp3) is 0.269. The molecule has 0 fully saturated rings. The minimum Gasteiger partial charge on any atom is -0.492 e. The Morgan fingerprint density at radius 3 is 2.47 bits per heavy atom. The van der Waals surface area contributed by atoms with E-state index in [9.17, 15) is 13.2 Å². The van der Waals surface area contributed by atoms with E-state index in [1.807, 2.05) is 31.4 Å². The normalized spacial score (nSPS) is 14.7. The lowest BCUT2D eigenvalue weighted by molar-refractivity contribution is -0.120. The molecule has 0 aliphatic carbocycles. The molecule has 1 atom stereocenters. The van der Waals surface area contributed by atoms with Crippen molar-refractivity contribution in [2.45, 2.75) is 22.8 Å². The molecule has 1 N–H and O–H groups in total. The van der Waals surface area contributed by atoms with Crippen LogP contribution in [0.3, 0.4) is 0 Å². The third-order valence-corrected chi connectivity index (χ3v) is 7.98. The molecule has 3 aromatic rings. The Morgan fingerprint density at radius 1 is 1.06 bits per heavy atom. The number of hydrogen-bond acceptors (Lipinski definition) is 7. The van der Waals surface area contributed by atoms with E-state index >= 15 is 0 Å². The van der Waals surface area contributed by atoms with Crippen molar-refractivity contribution in [3.63, 3.8) is 0 Å². The lowest BCUT2D eigenvalue weighted by Gasteiger charge is -2.28. The zero-order valence-corrected chi connectivity index (χ0v) is 21.7. The van der Waals surface area contributed by atoms with Crippen molar-refractivity contribution < 1.29 is 27.4 Å². The first-order valence-electron chi connectivity index (χ1n) is 11.5. The van der Waals surface area contributed by atoms with Crippen LogP contribution in [0.5, 0.6) is 17.2 Å². The van der Waals surface area contributed by atoms with Crippen molar-refractivity contribution in [2.75, 3.05) is 36.9 Å². The maximum Gasteiger partial charge on any atom is 0.264 e. The monoisotopic (exact) mass is 528 g/mol. The molecule has 0 saturated carbocycles. The highest BCUT2D eigenvalue weighted by atomic mass is 32.2. The maximum atomic E-state index is 13.7. The van der Waals surface area contributed by atoms with Crippen LogP contribution < -0.4 is 23.8 Å². The molecule has 0 spiro atoms. The number of nitrogens with one attached hydrogen (secondary N) is 1. The summed E-state index contributed by atoms with van der Waals surface area (Å²) in [4.78, 5) is 14.0. The molecule has 10 heteroatoms. The second kappa shape index (κ2) is 11.6. The molecule has 1 aliphatic rings. The molecule has 0 aromatic heterocycles. The van der Waals surface area contributed by atoms with Crippen molar-refractivity contribution >= 4 is 33.4 Å². The lowest BCUT2D eigenvalue weighted by Crippen LogP contribution is -2.45. The highest BCUT2D eigenvalue weighted by Gasteiger charge is 2.30. The summed E-state index contributed by atoms with van der Waals surface area (Å²) in [6.45, 7) is 2.17. The maximum absolute atomic E-state index is 13.7. The Kier molecular flexibility index (Phi) is 8.27. The van der Waals surface area contributed by atoms with E-state index in [2.05, 4.69) is 5.32 Å². The largest absolute Gasteiger partial charge is 0.492 e. The summed E-state index contributed by atoms with van der Waals surface area (Å²) >= 11 is 1.51. The number of hydrogen-bond donors (Lipinski definition) is 1. The zero-order chi connectivity index (χ0) is 25.5. The van der Waals surface area contributed by atoms with Crippen molar-refractivity contribution in [1.29, 1.82) is 0 Å². The number of benzene rings is 3. The van der Waals surface area contributed by atoms with Gasteiger partial charge in [0, 0.05) is 4.90 Å². The van der Waals surface area contributed by atoms with Gasteiger partial charge in [0.25, 0.3) is 10.0 Å². The third-order valence-electron chi connectivity index (χ3n) is 5.46. The van der Waals surface area contributed by atoms with E-state index < -0.39 is 28.6 Å². The lowest BCUT2D eigenvalue weighted by atomic mass is 10.2. The Balaban J connectivity index is 1.54. The minimum atomic E-state index is -4.07. The van der Waals surface area contributed by atoms with Gasteiger partial charge in [0.2, 0.25) is 5.91 Å². The molecule has 1 unspecified atom stereocenters. The molecule has 0 radical (unpaired) electrons. The van der Waals surface area contributed by atoms with E-state index in [-0.39, 0.29) is 23.7 Å². The number of anilines is 1. The van der Waals surface area contributed by atoms with Gasteiger partial charge in [0.1, 0.15) is 25.0 Å². The number of ether oxygens (including phenoxy) is 3. The quantitative estimate of drug-likeness (QED) is 0.398. The molecule has 0 saturated heterocycles. The van der Waals surface area contributed by atoms with Gasteiger partial charge in [0.15, 0.2) is 11.5 Å². The van der Waals surface area contributed by atoms with Crippen LogP contribution in [0.1, 0.15) is 6.92 Å². The van der Waals surface area contributed by atoms with Gasteiger partial charge in [-0.3, -0.25) is 9.10 Å². The first-order valence-corrected chi connectivity index (χ1v) is 14.1. The summed E-state index contributed by atoms with van der Waals surface area (Å²) in [5.74, 6) is 1.15. The van der Waals surface area contributed by atoms with E-state index in [0.29, 0.717) is 23.9 Å². The van der Waals surface area contributed by atoms with Gasteiger partial charge in [-0.2, -0.15) is 0 Å². The number of carbonyl (C=O) groups is 1. The Hall–Kier alpha value is -3.37. The number of fused-ring (bicyclic) bond motifs is 1. The Labute approximate surface area is 215 Å². The average Bonchev–Trinajstić information content (AvgIpc) is 2.91. The number of rotatable bonds is 10. The summed E-state index contributed by atoms with van der Waals surface area (Å²) in [5.41, 5.74) is 0.287. The van der Waals surface area contributed by atoms with E-state index in [4.69, 9.17) is 14.2 Å². The van der Waals surface area contributed by atoms with Crippen LogP contribution >= 0.6 is 11.8 Å². The summed E-state index contributed by atoms with van der Waals surface area (Å²) in [6.07, 6.45) is 1.52. The van der Waals surface area contributed by atoms with Gasteiger partial charge in [-0.05, 0) is 61.7 Å². The van der Waals surface area contributed by atoms with E-state index in [1.165, 1.54) is 11.8 Å². The molecule has 1 heterocycles. The minimum absolute atomic E-state index is 0.0834. The molecular formula is C26H28N2O6S2. The fourth-order valence-electron chi connectivity index (χ4n) is 3.69. The van der Waals surface area contributed by atoms with Gasteiger partial charge in [-0.25, -0.2) is 8.42 Å². The third kappa shape index (κ3) is 5.88. The van der Waals surface area contributed by atoms with Crippen LogP contribution in [0.2, 0.25) is 0 Å². The molecule has 0 bridgehead atoms. The van der Waals surface area contributed by atoms with Crippen molar-refractivity contribution in [2.24, 2.45) is 0 Å². The van der Waals surface area contributed by atoms with Crippen LogP contribution in [-0.2, 0) is 14.8 Å². The zero-order valence-electron chi connectivity index (χ0n) is 20.0. The highest BCUT2D eigenvalue weighted by Crippen LogP contribution is 2.33. The molecule has 36 heavy (non-hydrogen) atoms. The summed E-state index contributed by atoms with van der Waals surface area (Å²) < 4.78 is 45.7. The molecular weight excluding hydrogens is 500 g/mol. The molecule has 3 aromatic carbocycles. The number of nitrogens with zero attached hydrogens (tertiary/aromatic N) is 1. The molecule has 4 rings (SSSR count). The fourth-order valence-corrected chi connectivity index (χ4v) is 5.53. The Bertz CT molecular complexity index is 1300. The highest BCUT2D eigenvalue weighted by molar-refractivity contribution is 7.98. The first kappa shape index (κ1) is 25.7. The predicted molar refractivity (Wildman–Crippen MR) is 140 cm³/mol. The Morgan fingerprint density at radius 2 is 1.75 bits per heavy atom. The van der Waals surface area contributed by atoms with Gasteiger partial charge in [0.05, 0.1) is 23.7 Å². The second-order valence-corrected chi connectivity index (χ2v) is 10.6. The number of amides is 1. The second-order valence-electron chi connectivity index (χ2n) is 7.89. The van der Waals surface area contributed by atoms with Gasteiger partial charge in [-0.1, -0.05) is 24.3 Å². The van der Waals surface area contributed by atoms with Crippen molar-refractivity contribution in [3.05, 3.63) is 72.8 Å². The number of sulfonamides is 1. The average molecular weight is 529 g/mol. The van der Waals surface area contributed by atoms with Crippen LogP contribution in [-0.4, -0.2) is 53.0 Å². The van der Waals surface area contributed by atoms with Gasteiger partial charge in [-0.15, -0.1) is 11.8 Å². The summed E-state index contributed by atoms with van der Waals surface area (Å²) in [6, 6.07) is 20.6. The molecule has 190 valence electrons. The molecule has 1 aliphatic heterocycles. The van der Waals surface area contributed by atoms with Gasteiger partial charge < -0.3 is 19.5 Å². The molecule has 8 nitrogen and oxygen atoms in total. The standard InChI is InChI=1S/C26H28N2O6S2/c1-3-32-23-9-5-4-8-22(23)28(36(30,31)21-14-12-20(35-2)13-15-21)17-26(29)27-16-19-18-33-24-10-6-7-11-25(24)34-19/h4-15,19H,3,16-18H2,1-2H3,(H,27,29). The topological polar surface area (TPSA) is 94.2 Å².